The Balaban J connectivity index is 1.77. The average Bonchev–Trinajstić information content (AvgIpc) is 2.98. The van der Waals surface area contributed by atoms with Gasteiger partial charge in [0.25, 0.3) is 0 Å². The number of benzene rings is 1. The van der Waals surface area contributed by atoms with Crippen LogP contribution in [0.15, 0.2) is 24.3 Å². The molecular formula is C16H17ClO3. The van der Waals surface area contributed by atoms with Crippen LogP contribution in [0, 0.1) is 23.2 Å². The van der Waals surface area contributed by atoms with Gasteiger partial charge in [-0.1, -0.05) is 30.7 Å². The SMILES string of the molecule is CCC12C(=O)C(Cc3cccc(Cl)c3)CC1C2C(=O)O. The second kappa shape index (κ2) is 4.59. The molecule has 0 saturated heterocycles. The molecule has 20 heavy (non-hydrogen) atoms. The van der Waals surface area contributed by atoms with Crippen molar-refractivity contribution in [2.75, 3.05) is 0 Å². The van der Waals surface area contributed by atoms with E-state index in [2.05, 4.69) is 0 Å². The van der Waals surface area contributed by atoms with Crippen LogP contribution in [0.2, 0.25) is 5.02 Å². The lowest BCUT2D eigenvalue weighted by Crippen LogP contribution is -2.26. The van der Waals surface area contributed by atoms with E-state index in [1.807, 2.05) is 31.2 Å². The third-order valence-electron chi connectivity index (χ3n) is 5.10. The molecule has 0 amide bonds. The van der Waals surface area contributed by atoms with E-state index in [4.69, 9.17) is 11.6 Å². The zero-order valence-corrected chi connectivity index (χ0v) is 12.1. The molecule has 3 nitrogen and oxygen atoms in total. The second-order valence-corrected chi connectivity index (χ2v) is 6.38. The quantitative estimate of drug-likeness (QED) is 0.927. The van der Waals surface area contributed by atoms with Crippen molar-refractivity contribution in [1.29, 1.82) is 0 Å². The van der Waals surface area contributed by atoms with Crippen LogP contribution in [-0.2, 0) is 16.0 Å². The standard InChI is InChI=1S/C16H17ClO3/c1-2-16-12(13(16)15(19)20)8-10(14(16)18)6-9-4-3-5-11(17)7-9/h3-5,7,10,12-13H,2,6,8H2,1H3,(H,19,20). The van der Waals surface area contributed by atoms with Gasteiger partial charge in [0.05, 0.1) is 5.92 Å². The van der Waals surface area contributed by atoms with E-state index in [9.17, 15) is 14.7 Å². The minimum absolute atomic E-state index is 0.0432. The Morgan fingerprint density at radius 3 is 2.80 bits per heavy atom. The van der Waals surface area contributed by atoms with Crippen molar-refractivity contribution in [2.24, 2.45) is 23.2 Å². The highest BCUT2D eigenvalue weighted by molar-refractivity contribution is 6.30. The number of hydrogen-bond acceptors (Lipinski definition) is 2. The van der Waals surface area contributed by atoms with Crippen LogP contribution < -0.4 is 0 Å². The molecule has 0 heterocycles. The highest BCUT2D eigenvalue weighted by atomic mass is 35.5. The molecule has 2 fully saturated rings. The van der Waals surface area contributed by atoms with Gasteiger partial charge < -0.3 is 5.11 Å². The lowest BCUT2D eigenvalue weighted by molar-refractivity contribution is -0.142. The summed E-state index contributed by atoms with van der Waals surface area (Å²) in [6.45, 7) is 1.93. The Labute approximate surface area is 122 Å². The van der Waals surface area contributed by atoms with Crippen LogP contribution in [0.5, 0.6) is 0 Å². The highest BCUT2D eigenvalue weighted by Crippen LogP contribution is 2.69. The van der Waals surface area contributed by atoms with E-state index in [-0.39, 0.29) is 17.6 Å². The topological polar surface area (TPSA) is 54.4 Å². The van der Waals surface area contributed by atoms with Crippen molar-refractivity contribution in [2.45, 2.75) is 26.2 Å². The fraction of sp³-hybridized carbons (Fsp3) is 0.500. The summed E-state index contributed by atoms with van der Waals surface area (Å²) in [5.41, 5.74) is 0.477. The molecule has 1 aromatic rings. The largest absolute Gasteiger partial charge is 0.481 e. The molecule has 1 aromatic carbocycles. The van der Waals surface area contributed by atoms with Crippen LogP contribution in [0.1, 0.15) is 25.3 Å². The molecule has 4 unspecified atom stereocenters. The van der Waals surface area contributed by atoms with Gasteiger partial charge in [-0.05, 0) is 42.9 Å². The number of aliphatic carboxylic acids is 1. The molecule has 2 saturated carbocycles. The van der Waals surface area contributed by atoms with Gasteiger partial charge in [-0.3, -0.25) is 9.59 Å². The molecule has 0 radical (unpaired) electrons. The maximum absolute atomic E-state index is 12.6. The second-order valence-electron chi connectivity index (χ2n) is 5.95. The van der Waals surface area contributed by atoms with E-state index >= 15 is 0 Å². The van der Waals surface area contributed by atoms with Crippen molar-refractivity contribution in [3.63, 3.8) is 0 Å². The molecule has 1 N–H and O–H groups in total. The molecule has 2 aliphatic carbocycles. The molecule has 4 atom stereocenters. The Morgan fingerprint density at radius 2 is 2.25 bits per heavy atom. The van der Waals surface area contributed by atoms with Crippen LogP contribution in [0.4, 0.5) is 0 Å². The number of carbonyl (C=O) groups is 2. The number of Topliss-reactive ketones (excluding diaryl/α,β-unsaturated/α-hetero) is 1. The molecule has 4 heteroatoms. The van der Waals surface area contributed by atoms with Crippen LogP contribution >= 0.6 is 11.6 Å². The van der Waals surface area contributed by atoms with Gasteiger partial charge in [0.1, 0.15) is 5.78 Å². The third kappa shape index (κ3) is 1.80. The van der Waals surface area contributed by atoms with E-state index in [1.165, 1.54) is 0 Å². The number of fused-ring (bicyclic) bond motifs is 1. The normalized spacial score (nSPS) is 34.9. The fourth-order valence-corrected chi connectivity index (χ4v) is 4.38. The number of hydrogen-bond donors (Lipinski definition) is 1. The molecular weight excluding hydrogens is 276 g/mol. The minimum atomic E-state index is -0.814. The first kappa shape index (κ1) is 13.6. The number of ketones is 1. The third-order valence-corrected chi connectivity index (χ3v) is 5.34. The number of rotatable bonds is 4. The summed E-state index contributed by atoms with van der Waals surface area (Å²) in [6, 6.07) is 7.54. The molecule has 0 aliphatic heterocycles. The Bertz CT molecular complexity index is 583. The first-order chi connectivity index (χ1) is 9.50. The summed E-state index contributed by atoms with van der Waals surface area (Å²) in [5, 5.41) is 9.89. The molecule has 106 valence electrons. The first-order valence-electron chi connectivity index (χ1n) is 7.02. The summed E-state index contributed by atoms with van der Waals surface area (Å²) in [4.78, 5) is 23.8. The van der Waals surface area contributed by atoms with Crippen LogP contribution in [-0.4, -0.2) is 16.9 Å². The van der Waals surface area contributed by atoms with E-state index in [1.54, 1.807) is 0 Å². The lowest BCUT2D eigenvalue weighted by Gasteiger charge is -2.16. The summed E-state index contributed by atoms with van der Waals surface area (Å²) in [5.74, 6) is -1.12. The monoisotopic (exact) mass is 292 g/mol. The van der Waals surface area contributed by atoms with E-state index < -0.39 is 17.3 Å². The zero-order chi connectivity index (χ0) is 14.5. The van der Waals surface area contributed by atoms with E-state index in [0.29, 0.717) is 24.3 Å². The Morgan fingerprint density at radius 1 is 1.50 bits per heavy atom. The average molecular weight is 293 g/mol. The summed E-state index contributed by atoms with van der Waals surface area (Å²) < 4.78 is 0. The van der Waals surface area contributed by atoms with Crippen LogP contribution in [0.25, 0.3) is 0 Å². The first-order valence-corrected chi connectivity index (χ1v) is 7.40. The van der Waals surface area contributed by atoms with Crippen molar-refractivity contribution < 1.29 is 14.7 Å². The van der Waals surface area contributed by atoms with Gasteiger partial charge in [-0.2, -0.15) is 0 Å². The maximum Gasteiger partial charge on any atom is 0.307 e. The molecule has 3 rings (SSSR count). The lowest BCUT2D eigenvalue weighted by atomic mass is 9.86. The van der Waals surface area contributed by atoms with Crippen molar-refractivity contribution >= 4 is 23.4 Å². The van der Waals surface area contributed by atoms with Gasteiger partial charge >= 0.3 is 5.97 Å². The number of carbonyl (C=O) groups excluding carboxylic acids is 1. The number of carboxylic acids is 1. The maximum atomic E-state index is 12.6. The molecule has 2 aliphatic rings. The molecule has 0 bridgehead atoms. The Hall–Kier alpha value is -1.35. The van der Waals surface area contributed by atoms with Gasteiger partial charge in [-0.15, -0.1) is 0 Å². The predicted octanol–water partition coefficient (Wildman–Crippen LogP) is 3.20. The van der Waals surface area contributed by atoms with Crippen molar-refractivity contribution in [3.8, 4) is 0 Å². The summed E-state index contributed by atoms with van der Waals surface area (Å²) >= 11 is 5.96. The Kier molecular flexibility index (Phi) is 3.13. The summed E-state index contributed by atoms with van der Waals surface area (Å²) in [7, 11) is 0. The van der Waals surface area contributed by atoms with Gasteiger partial charge in [-0.25, -0.2) is 0 Å². The van der Waals surface area contributed by atoms with Crippen molar-refractivity contribution in [3.05, 3.63) is 34.9 Å². The van der Waals surface area contributed by atoms with Gasteiger partial charge in [0.15, 0.2) is 0 Å². The van der Waals surface area contributed by atoms with Gasteiger partial charge in [0, 0.05) is 16.4 Å². The number of carboxylic acid groups (broad SMARTS) is 1. The van der Waals surface area contributed by atoms with Crippen LogP contribution in [0.3, 0.4) is 0 Å². The zero-order valence-electron chi connectivity index (χ0n) is 11.3. The van der Waals surface area contributed by atoms with Crippen molar-refractivity contribution in [1.82, 2.24) is 0 Å². The van der Waals surface area contributed by atoms with Gasteiger partial charge in [0.2, 0.25) is 0 Å². The van der Waals surface area contributed by atoms with E-state index in [0.717, 1.165) is 5.56 Å². The highest BCUT2D eigenvalue weighted by Gasteiger charge is 2.75. The fourth-order valence-electron chi connectivity index (χ4n) is 4.17. The number of halogens is 1. The summed E-state index contributed by atoms with van der Waals surface area (Å²) in [6.07, 6.45) is 2.01. The predicted molar refractivity (Wildman–Crippen MR) is 75.6 cm³/mol. The molecule has 0 spiro atoms. The smallest absolute Gasteiger partial charge is 0.307 e. The minimum Gasteiger partial charge on any atom is -0.481 e. The molecule has 0 aromatic heterocycles.